The van der Waals surface area contributed by atoms with Crippen LogP contribution >= 0.6 is 11.6 Å². The fourth-order valence-electron chi connectivity index (χ4n) is 2.01. The fraction of sp³-hybridized carbons (Fsp3) is 0.600. The van der Waals surface area contributed by atoms with Crippen molar-refractivity contribution in [2.75, 3.05) is 11.4 Å². The van der Waals surface area contributed by atoms with Crippen LogP contribution in [-0.4, -0.2) is 22.1 Å². The van der Waals surface area contributed by atoms with Gasteiger partial charge in [0.05, 0.1) is 0 Å². The second kappa shape index (κ2) is 3.39. The zero-order valence-corrected chi connectivity index (χ0v) is 9.25. The lowest BCUT2D eigenvalue weighted by Crippen LogP contribution is -2.38. The van der Waals surface area contributed by atoms with Gasteiger partial charge in [-0.25, -0.2) is 9.97 Å². The Morgan fingerprint density at radius 3 is 2.86 bits per heavy atom. The summed E-state index contributed by atoms with van der Waals surface area (Å²) in [5.74, 6) is 0.938. The van der Waals surface area contributed by atoms with Crippen LogP contribution in [0.1, 0.15) is 26.7 Å². The first kappa shape index (κ1) is 9.71. The normalized spacial score (nSPS) is 20.1. The van der Waals surface area contributed by atoms with E-state index in [1.54, 1.807) is 6.20 Å². The van der Waals surface area contributed by atoms with Gasteiger partial charge in [0.25, 0.3) is 0 Å². The van der Waals surface area contributed by atoms with Crippen molar-refractivity contribution < 1.29 is 0 Å². The van der Waals surface area contributed by atoms with E-state index in [0.29, 0.717) is 5.28 Å². The summed E-state index contributed by atoms with van der Waals surface area (Å²) in [6, 6.07) is 1.92. The number of nitrogens with zero attached hydrogens (tertiary/aromatic N) is 3. The second-order valence-corrected chi connectivity index (χ2v) is 4.59. The van der Waals surface area contributed by atoms with Crippen LogP contribution < -0.4 is 4.90 Å². The molecule has 0 bridgehead atoms. The smallest absolute Gasteiger partial charge is 0.224 e. The monoisotopic (exact) mass is 211 g/mol. The van der Waals surface area contributed by atoms with Crippen molar-refractivity contribution in [1.82, 2.24) is 9.97 Å². The van der Waals surface area contributed by atoms with E-state index in [1.807, 2.05) is 6.07 Å². The first-order chi connectivity index (χ1) is 6.59. The maximum absolute atomic E-state index is 5.77. The van der Waals surface area contributed by atoms with Crippen molar-refractivity contribution in [1.29, 1.82) is 0 Å². The van der Waals surface area contributed by atoms with E-state index in [4.69, 9.17) is 11.6 Å². The zero-order chi connectivity index (χ0) is 10.2. The molecule has 1 aliphatic heterocycles. The maximum atomic E-state index is 5.77. The van der Waals surface area contributed by atoms with Crippen LogP contribution in [0.15, 0.2) is 12.3 Å². The van der Waals surface area contributed by atoms with Gasteiger partial charge in [-0.3, -0.25) is 0 Å². The topological polar surface area (TPSA) is 29.0 Å². The third-order valence-electron chi connectivity index (χ3n) is 2.79. The lowest BCUT2D eigenvalue weighted by atomic mass is 10.0. The molecule has 0 atom stereocenters. The highest BCUT2D eigenvalue weighted by Gasteiger charge is 2.32. The summed E-state index contributed by atoms with van der Waals surface area (Å²) < 4.78 is 0. The summed E-state index contributed by atoms with van der Waals surface area (Å²) in [6.07, 6.45) is 4.13. The van der Waals surface area contributed by atoms with Gasteiger partial charge in [0.2, 0.25) is 5.28 Å². The molecule has 0 unspecified atom stereocenters. The molecule has 1 aromatic rings. The molecule has 0 saturated carbocycles. The Balaban J connectivity index is 2.31. The predicted molar refractivity (Wildman–Crippen MR) is 57.7 cm³/mol. The number of halogens is 1. The molecule has 0 amide bonds. The lowest BCUT2D eigenvalue weighted by molar-refractivity contribution is 0.514. The number of hydrogen-bond donors (Lipinski definition) is 0. The van der Waals surface area contributed by atoms with Crippen molar-refractivity contribution in [2.45, 2.75) is 32.2 Å². The van der Waals surface area contributed by atoms with Crippen molar-refractivity contribution in [2.24, 2.45) is 0 Å². The van der Waals surface area contributed by atoms with Crippen LogP contribution in [0.3, 0.4) is 0 Å². The number of hydrogen-bond acceptors (Lipinski definition) is 3. The molecule has 76 valence electrons. The summed E-state index contributed by atoms with van der Waals surface area (Å²) in [5, 5.41) is 0.324. The van der Waals surface area contributed by atoms with Gasteiger partial charge in [0, 0.05) is 18.3 Å². The third kappa shape index (κ3) is 1.69. The standard InChI is InChI=1S/C10H14ClN3/c1-10(2)5-3-7-14(10)8-4-6-12-9(11)13-8/h4,6H,3,5,7H2,1-2H3. The van der Waals surface area contributed by atoms with Gasteiger partial charge in [-0.15, -0.1) is 0 Å². The quantitative estimate of drug-likeness (QED) is 0.669. The number of aromatic nitrogens is 2. The van der Waals surface area contributed by atoms with Crippen molar-refractivity contribution in [3.8, 4) is 0 Å². The van der Waals surface area contributed by atoms with Crippen molar-refractivity contribution in [3.05, 3.63) is 17.5 Å². The average molecular weight is 212 g/mol. The largest absolute Gasteiger partial charge is 0.351 e. The molecule has 1 aliphatic rings. The van der Waals surface area contributed by atoms with Crippen LogP contribution in [0, 0.1) is 0 Å². The Hall–Kier alpha value is -0.830. The SMILES string of the molecule is CC1(C)CCCN1c1ccnc(Cl)n1. The first-order valence-corrected chi connectivity index (χ1v) is 5.23. The van der Waals surface area contributed by atoms with Crippen LogP contribution in [0.25, 0.3) is 0 Å². The minimum Gasteiger partial charge on any atom is -0.351 e. The highest BCUT2D eigenvalue weighted by atomic mass is 35.5. The number of anilines is 1. The molecule has 1 fully saturated rings. The molecule has 0 aliphatic carbocycles. The van der Waals surface area contributed by atoms with E-state index in [1.165, 1.54) is 12.8 Å². The van der Waals surface area contributed by atoms with E-state index >= 15 is 0 Å². The molecule has 4 heteroatoms. The molecule has 14 heavy (non-hydrogen) atoms. The Labute approximate surface area is 89.1 Å². The molecule has 0 N–H and O–H groups in total. The predicted octanol–water partition coefficient (Wildman–Crippen LogP) is 2.51. The van der Waals surface area contributed by atoms with Gasteiger partial charge in [-0.2, -0.15) is 0 Å². The van der Waals surface area contributed by atoms with E-state index < -0.39 is 0 Å². The Morgan fingerprint density at radius 2 is 2.29 bits per heavy atom. The molecule has 0 radical (unpaired) electrons. The molecule has 2 heterocycles. The van der Waals surface area contributed by atoms with Gasteiger partial charge in [0.15, 0.2) is 0 Å². The molecule has 1 saturated heterocycles. The average Bonchev–Trinajstić information content (AvgIpc) is 2.45. The molecule has 0 spiro atoms. The van der Waals surface area contributed by atoms with Gasteiger partial charge < -0.3 is 4.90 Å². The molecule has 2 rings (SSSR count). The van der Waals surface area contributed by atoms with Gasteiger partial charge in [-0.05, 0) is 44.4 Å². The zero-order valence-electron chi connectivity index (χ0n) is 8.50. The number of rotatable bonds is 1. The minimum atomic E-state index is 0.192. The van der Waals surface area contributed by atoms with Crippen molar-refractivity contribution in [3.63, 3.8) is 0 Å². The van der Waals surface area contributed by atoms with E-state index in [2.05, 4.69) is 28.7 Å². The summed E-state index contributed by atoms with van der Waals surface area (Å²) in [5.41, 5.74) is 0.192. The van der Waals surface area contributed by atoms with Gasteiger partial charge in [-0.1, -0.05) is 0 Å². The van der Waals surface area contributed by atoms with Crippen LogP contribution in [0.5, 0.6) is 0 Å². The summed E-state index contributed by atoms with van der Waals surface area (Å²) >= 11 is 5.77. The van der Waals surface area contributed by atoms with E-state index in [9.17, 15) is 0 Å². The Kier molecular flexibility index (Phi) is 2.35. The Morgan fingerprint density at radius 1 is 1.50 bits per heavy atom. The summed E-state index contributed by atoms with van der Waals surface area (Å²) in [6.45, 7) is 5.52. The fourth-order valence-corrected chi connectivity index (χ4v) is 2.15. The highest BCUT2D eigenvalue weighted by molar-refractivity contribution is 6.28. The van der Waals surface area contributed by atoms with Gasteiger partial charge in [0.1, 0.15) is 5.82 Å². The van der Waals surface area contributed by atoms with Crippen molar-refractivity contribution >= 4 is 17.4 Å². The summed E-state index contributed by atoms with van der Waals surface area (Å²) in [7, 11) is 0. The molecular formula is C10H14ClN3. The lowest BCUT2D eigenvalue weighted by Gasteiger charge is -2.32. The molecule has 3 nitrogen and oxygen atoms in total. The van der Waals surface area contributed by atoms with E-state index in [-0.39, 0.29) is 5.54 Å². The first-order valence-electron chi connectivity index (χ1n) is 4.86. The third-order valence-corrected chi connectivity index (χ3v) is 2.97. The van der Waals surface area contributed by atoms with E-state index in [0.717, 1.165) is 12.4 Å². The maximum Gasteiger partial charge on any atom is 0.224 e. The van der Waals surface area contributed by atoms with Gasteiger partial charge >= 0.3 is 0 Å². The van der Waals surface area contributed by atoms with Crippen LogP contribution in [-0.2, 0) is 0 Å². The minimum absolute atomic E-state index is 0.192. The molecule has 0 aromatic carbocycles. The van der Waals surface area contributed by atoms with Crippen LogP contribution in [0.4, 0.5) is 5.82 Å². The summed E-state index contributed by atoms with van der Waals surface area (Å²) in [4.78, 5) is 10.4. The van der Waals surface area contributed by atoms with Crippen LogP contribution in [0.2, 0.25) is 5.28 Å². The molecule has 1 aromatic heterocycles. The highest BCUT2D eigenvalue weighted by Crippen LogP contribution is 2.32. The Bertz CT molecular complexity index is 338. The second-order valence-electron chi connectivity index (χ2n) is 4.25. The molecular weight excluding hydrogens is 198 g/mol.